The van der Waals surface area contributed by atoms with Crippen LogP contribution in [0.25, 0.3) is 10.9 Å². The third kappa shape index (κ3) is 4.83. The molecule has 7 heteroatoms. The predicted molar refractivity (Wildman–Crippen MR) is 106 cm³/mol. The monoisotopic (exact) mass is 368 g/mol. The Kier molecular flexibility index (Phi) is 6.03. The number of ether oxygens (including phenoxy) is 1. The van der Waals surface area contributed by atoms with Gasteiger partial charge in [-0.1, -0.05) is 12.1 Å². The lowest BCUT2D eigenvalue weighted by Crippen LogP contribution is -2.25. The Morgan fingerprint density at radius 2 is 2.11 bits per heavy atom. The van der Waals surface area contributed by atoms with Gasteiger partial charge in [0.05, 0.1) is 23.2 Å². The largest absolute Gasteiger partial charge is 0.460 e. The van der Waals surface area contributed by atoms with Crippen LogP contribution in [0.4, 0.5) is 5.95 Å². The van der Waals surface area contributed by atoms with E-state index in [9.17, 15) is 4.79 Å². The summed E-state index contributed by atoms with van der Waals surface area (Å²) in [7, 11) is 0. The van der Waals surface area contributed by atoms with Crippen LogP contribution < -0.4 is 11.0 Å². The van der Waals surface area contributed by atoms with Gasteiger partial charge in [0.1, 0.15) is 11.5 Å². The molecule has 0 fully saturated rings. The molecule has 0 unspecified atom stereocenters. The standard InChI is InChI=1S/C20H24N4O3/c1-14(2)26-12-6-11-24-19(25)17-7-4-5-8-18(17)22-20(24)23-21-13-16-10-9-15(3)27-16/h4-5,7-10,13-14H,6,11-12H2,1-3H3,(H,22,23)/b21-13-. The minimum absolute atomic E-state index is 0.100. The van der Waals surface area contributed by atoms with Crippen molar-refractivity contribution in [3.05, 3.63) is 58.3 Å². The molecule has 0 spiro atoms. The highest BCUT2D eigenvalue weighted by atomic mass is 16.5. The van der Waals surface area contributed by atoms with Crippen molar-refractivity contribution in [1.82, 2.24) is 9.55 Å². The average molecular weight is 368 g/mol. The van der Waals surface area contributed by atoms with E-state index in [-0.39, 0.29) is 11.7 Å². The van der Waals surface area contributed by atoms with E-state index in [1.807, 2.05) is 51.1 Å². The Morgan fingerprint density at radius 3 is 2.85 bits per heavy atom. The summed E-state index contributed by atoms with van der Waals surface area (Å²) in [6.07, 6.45) is 2.42. The summed E-state index contributed by atoms with van der Waals surface area (Å²) in [6, 6.07) is 11.0. The first kappa shape index (κ1) is 18.8. The number of hydrazone groups is 1. The van der Waals surface area contributed by atoms with E-state index in [0.717, 1.165) is 5.76 Å². The van der Waals surface area contributed by atoms with Gasteiger partial charge in [0, 0.05) is 13.2 Å². The van der Waals surface area contributed by atoms with E-state index in [4.69, 9.17) is 9.15 Å². The smallest absolute Gasteiger partial charge is 0.262 e. The third-order valence-corrected chi connectivity index (χ3v) is 3.96. The van der Waals surface area contributed by atoms with E-state index in [2.05, 4.69) is 15.5 Å². The number of fused-ring (bicyclic) bond motifs is 1. The molecule has 3 aromatic rings. The number of anilines is 1. The molecule has 0 aliphatic heterocycles. The zero-order chi connectivity index (χ0) is 19.2. The SMILES string of the molecule is Cc1ccc(/C=N\Nc2nc3ccccc3c(=O)n2CCCOC(C)C)o1. The summed E-state index contributed by atoms with van der Waals surface area (Å²) in [5.41, 5.74) is 3.40. The highest BCUT2D eigenvalue weighted by Crippen LogP contribution is 2.12. The van der Waals surface area contributed by atoms with Crippen molar-refractivity contribution < 1.29 is 9.15 Å². The second-order valence-electron chi connectivity index (χ2n) is 6.50. The van der Waals surface area contributed by atoms with Gasteiger partial charge in [-0.25, -0.2) is 10.4 Å². The summed E-state index contributed by atoms with van der Waals surface area (Å²) < 4.78 is 12.6. The molecule has 0 bridgehead atoms. The molecule has 1 aromatic carbocycles. The zero-order valence-electron chi connectivity index (χ0n) is 15.8. The molecular formula is C20H24N4O3. The van der Waals surface area contributed by atoms with Crippen molar-refractivity contribution >= 4 is 23.1 Å². The van der Waals surface area contributed by atoms with Crippen molar-refractivity contribution in [1.29, 1.82) is 0 Å². The Bertz CT molecular complexity index is 988. The fourth-order valence-corrected chi connectivity index (χ4v) is 2.68. The van der Waals surface area contributed by atoms with Gasteiger partial charge in [0.2, 0.25) is 5.95 Å². The fourth-order valence-electron chi connectivity index (χ4n) is 2.68. The number of furan rings is 1. The Hall–Kier alpha value is -2.93. The fraction of sp³-hybridized carbons (Fsp3) is 0.350. The van der Waals surface area contributed by atoms with Crippen molar-refractivity contribution in [3.63, 3.8) is 0 Å². The van der Waals surface area contributed by atoms with Gasteiger partial charge in [-0.15, -0.1) is 0 Å². The van der Waals surface area contributed by atoms with Crippen LogP contribution in [0.15, 0.2) is 50.7 Å². The molecule has 0 radical (unpaired) electrons. The quantitative estimate of drug-likeness (QED) is 0.373. The zero-order valence-corrected chi connectivity index (χ0v) is 15.8. The molecule has 0 aliphatic rings. The van der Waals surface area contributed by atoms with Gasteiger partial charge in [-0.05, 0) is 51.5 Å². The first-order valence-corrected chi connectivity index (χ1v) is 9.01. The van der Waals surface area contributed by atoms with Crippen LogP contribution in [-0.2, 0) is 11.3 Å². The first-order valence-electron chi connectivity index (χ1n) is 9.01. The van der Waals surface area contributed by atoms with E-state index in [1.54, 1.807) is 16.8 Å². The van der Waals surface area contributed by atoms with Crippen LogP contribution in [0.3, 0.4) is 0 Å². The van der Waals surface area contributed by atoms with Gasteiger partial charge in [0.15, 0.2) is 0 Å². The van der Waals surface area contributed by atoms with Gasteiger partial charge < -0.3 is 9.15 Å². The molecule has 0 saturated carbocycles. The van der Waals surface area contributed by atoms with E-state index in [1.165, 1.54) is 0 Å². The molecule has 0 saturated heterocycles. The number of hydrogen-bond donors (Lipinski definition) is 1. The van der Waals surface area contributed by atoms with Crippen LogP contribution in [0.1, 0.15) is 31.8 Å². The minimum Gasteiger partial charge on any atom is -0.460 e. The summed E-state index contributed by atoms with van der Waals surface area (Å²) in [5.74, 6) is 1.82. The maximum absolute atomic E-state index is 12.9. The average Bonchev–Trinajstić information content (AvgIpc) is 3.05. The highest BCUT2D eigenvalue weighted by Gasteiger charge is 2.10. The second kappa shape index (κ2) is 8.64. The van der Waals surface area contributed by atoms with Crippen molar-refractivity contribution in [3.8, 4) is 0 Å². The maximum Gasteiger partial charge on any atom is 0.262 e. The molecular weight excluding hydrogens is 344 g/mol. The minimum atomic E-state index is -0.100. The van der Waals surface area contributed by atoms with Crippen molar-refractivity contribution in [2.45, 2.75) is 39.8 Å². The first-order chi connectivity index (χ1) is 13.0. The molecule has 7 nitrogen and oxygen atoms in total. The maximum atomic E-state index is 12.9. The van der Waals surface area contributed by atoms with Crippen molar-refractivity contribution in [2.75, 3.05) is 12.0 Å². The van der Waals surface area contributed by atoms with E-state index < -0.39 is 0 Å². The molecule has 2 aromatic heterocycles. The predicted octanol–water partition coefficient (Wildman–Crippen LogP) is 3.56. The molecule has 142 valence electrons. The molecule has 27 heavy (non-hydrogen) atoms. The number of para-hydroxylation sites is 1. The summed E-state index contributed by atoms with van der Waals surface area (Å²) in [5, 5.41) is 4.75. The highest BCUT2D eigenvalue weighted by molar-refractivity contribution is 5.79. The van der Waals surface area contributed by atoms with Gasteiger partial charge in [-0.2, -0.15) is 5.10 Å². The van der Waals surface area contributed by atoms with Crippen LogP contribution in [0.2, 0.25) is 0 Å². The van der Waals surface area contributed by atoms with Crippen LogP contribution >= 0.6 is 0 Å². The Balaban J connectivity index is 1.85. The Morgan fingerprint density at radius 1 is 1.30 bits per heavy atom. The van der Waals surface area contributed by atoms with Gasteiger partial charge in [-0.3, -0.25) is 9.36 Å². The van der Waals surface area contributed by atoms with E-state index >= 15 is 0 Å². The molecule has 0 atom stereocenters. The Labute approximate surface area is 157 Å². The second-order valence-corrected chi connectivity index (χ2v) is 6.50. The third-order valence-electron chi connectivity index (χ3n) is 3.96. The van der Waals surface area contributed by atoms with Crippen molar-refractivity contribution in [2.24, 2.45) is 5.10 Å². The van der Waals surface area contributed by atoms with Crippen LogP contribution in [-0.4, -0.2) is 28.5 Å². The molecule has 1 N–H and O–H groups in total. The van der Waals surface area contributed by atoms with Crippen LogP contribution in [0.5, 0.6) is 0 Å². The van der Waals surface area contributed by atoms with Gasteiger partial charge in [0.25, 0.3) is 5.56 Å². The number of nitrogens with one attached hydrogen (secondary N) is 1. The lowest BCUT2D eigenvalue weighted by atomic mass is 10.2. The number of nitrogens with zero attached hydrogens (tertiary/aromatic N) is 3. The molecule has 0 aliphatic carbocycles. The lowest BCUT2D eigenvalue weighted by Gasteiger charge is -2.13. The van der Waals surface area contributed by atoms with E-state index in [0.29, 0.717) is 42.2 Å². The molecule has 2 heterocycles. The summed E-state index contributed by atoms with van der Waals surface area (Å²) in [6.45, 7) is 6.91. The number of hydrogen-bond acceptors (Lipinski definition) is 6. The molecule has 3 rings (SSSR count). The van der Waals surface area contributed by atoms with Crippen LogP contribution in [0, 0.1) is 6.92 Å². The van der Waals surface area contributed by atoms with Gasteiger partial charge >= 0.3 is 0 Å². The lowest BCUT2D eigenvalue weighted by molar-refractivity contribution is 0.0748. The summed E-state index contributed by atoms with van der Waals surface area (Å²) in [4.78, 5) is 17.4. The summed E-state index contributed by atoms with van der Waals surface area (Å²) >= 11 is 0. The number of benzene rings is 1. The normalized spacial score (nSPS) is 11.7. The number of aryl methyl sites for hydroxylation is 1. The molecule has 0 amide bonds. The number of aromatic nitrogens is 2. The topological polar surface area (TPSA) is 81.7 Å². The number of rotatable bonds is 8.